The fourth-order valence-electron chi connectivity index (χ4n) is 3.17. The zero-order valence-corrected chi connectivity index (χ0v) is 14.5. The number of aliphatic hydroxyl groups is 2. The maximum Gasteiger partial charge on any atom is 0.161 e. The molecule has 0 spiro atoms. The van der Waals surface area contributed by atoms with Crippen LogP contribution in [-0.2, 0) is 4.74 Å². The highest BCUT2D eigenvalue weighted by Crippen LogP contribution is 2.30. The number of fused-ring (bicyclic) bond motifs is 1. The predicted octanol–water partition coefficient (Wildman–Crippen LogP) is -0.186. The number of hydrogen-bond acceptors (Lipinski definition) is 7. The summed E-state index contributed by atoms with van der Waals surface area (Å²) in [6.07, 6.45) is -0.662. The molecule has 2 aliphatic rings. The lowest BCUT2D eigenvalue weighted by Gasteiger charge is -2.35. The summed E-state index contributed by atoms with van der Waals surface area (Å²) in [4.78, 5) is 4.47. The van der Waals surface area contributed by atoms with Gasteiger partial charge in [-0.2, -0.15) is 0 Å². The molecule has 0 bridgehead atoms. The maximum absolute atomic E-state index is 10.2. The molecule has 0 unspecified atom stereocenters. The molecule has 0 aliphatic carbocycles. The van der Waals surface area contributed by atoms with E-state index in [4.69, 9.17) is 19.3 Å². The Hall–Kier alpha value is -1.38. The van der Waals surface area contributed by atoms with E-state index in [9.17, 15) is 5.11 Å². The first-order valence-corrected chi connectivity index (χ1v) is 8.94. The summed E-state index contributed by atoms with van der Waals surface area (Å²) in [6, 6.07) is 7.59. The van der Waals surface area contributed by atoms with Crippen molar-refractivity contribution >= 4 is 0 Å². The van der Waals surface area contributed by atoms with Gasteiger partial charge in [-0.15, -0.1) is 0 Å². The van der Waals surface area contributed by atoms with Crippen LogP contribution in [0.5, 0.6) is 11.5 Å². The number of ether oxygens (including phenoxy) is 3. The second kappa shape index (κ2) is 9.35. The Morgan fingerprint density at radius 1 is 1.12 bits per heavy atom. The molecule has 0 saturated carbocycles. The molecule has 0 aromatic heterocycles. The maximum atomic E-state index is 10.2. The summed E-state index contributed by atoms with van der Waals surface area (Å²) in [7, 11) is 0. The molecule has 7 nitrogen and oxygen atoms in total. The van der Waals surface area contributed by atoms with Crippen molar-refractivity contribution in [3.63, 3.8) is 0 Å². The van der Waals surface area contributed by atoms with Gasteiger partial charge in [-0.1, -0.05) is 12.1 Å². The Kier molecular flexibility index (Phi) is 6.89. The van der Waals surface area contributed by atoms with Crippen LogP contribution in [-0.4, -0.2) is 97.9 Å². The molecule has 1 saturated heterocycles. The molecule has 1 aromatic rings. The SMILES string of the molecule is OCCN1CCN(C[C@H](O)COC[C@@H]2COc3ccccc3O2)CC1. The first-order valence-electron chi connectivity index (χ1n) is 8.94. The number of rotatable bonds is 8. The zero-order chi connectivity index (χ0) is 17.5. The van der Waals surface area contributed by atoms with Crippen molar-refractivity contribution in [2.75, 3.05) is 65.7 Å². The number of β-amino-alcohol motifs (C(OH)–C–C–N with tert-alkyl or cyclic N) is 2. The number of piperazine rings is 1. The third-order valence-electron chi connectivity index (χ3n) is 4.53. The average molecular weight is 352 g/mol. The van der Waals surface area contributed by atoms with Gasteiger partial charge in [-0.05, 0) is 12.1 Å². The van der Waals surface area contributed by atoms with E-state index >= 15 is 0 Å². The lowest BCUT2D eigenvalue weighted by atomic mass is 10.2. The van der Waals surface area contributed by atoms with Crippen LogP contribution in [0.15, 0.2) is 24.3 Å². The van der Waals surface area contributed by atoms with E-state index in [0.717, 1.165) is 44.2 Å². The smallest absolute Gasteiger partial charge is 0.161 e. The van der Waals surface area contributed by atoms with Crippen molar-refractivity contribution < 1.29 is 24.4 Å². The third kappa shape index (κ3) is 5.55. The van der Waals surface area contributed by atoms with Crippen LogP contribution in [0.3, 0.4) is 0 Å². The molecule has 2 N–H and O–H groups in total. The Morgan fingerprint density at radius 2 is 1.84 bits per heavy atom. The van der Waals surface area contributed by atoms with Gasteiger partial charge in [0.1, 0.15) is 6.61 Å². The van der Waals surface area contributed by atoms with E-state index in [2.05, 4.69) is 9.80 Å². The topological polar surface area (TPSA) is 74.6 Å². The lowest BCUT2D eigenvalue weighted by Crippen LogP contribution is -2.49. The summed E-state index contributed by atoms with van der Waals surface area (Å²) >= 11 is 0. The third-order valence-corrected chi connectivity index (χ3v) is 4.53. The van der Waals surface area contributed by atoms with Crippen LogP contribution in [0.1, 0.15) is 0 Å². The Labute approximate surface area is 148 Å². The largest absolute Gasteiger partial charge is 0.486 e. The fraction of sp³-hybridized carbons (Fsp3) is 0.667. The van der Waals surface area contributed by atoms with Crippen LogP contribution in [0.25, 0.3) is 0 Å². The molecule has 1 aromatic carbocycles. The van der Waals surface area contributed by atoms with E-state index in [0.29, 0.717) is 26.4 Å². The number of aliphatic hydroxyl groups excluding tert-OH is 2. The standard InChI is InChI=1S/C18H28N2O5/c21-10-9-19-5-7-20(8-6-19)11-15(22)12-23-13-16-14-24-17-3-1-2-4-18(17)25-16/h1-4,15-16,21-22H,5-14H2/t15-,16+/m0/s1. The Morgan fingerprint density at radius 3 is 2.60 bits per heavy atom. The van der Waals surface area contributed by atoms with E-state index in [1.54, 1.807) is 0 Å². The van der Waals surface area contributed by atoms with Crippen molar-refractivity contribution in [3.05, 3.63) is 24.3 Å². The van der Waals surface area contributed by atoms with Crippen LogP contribution >= 0.6 is 0 Å². The van der Waals surface area contributed by atoms with Gasteiger partial charge < -0.3 is 24.4 Å². The van der Waals surface area contributed by atoms with Crippen molar-refractivity contribution in [3.8, 4) is 11.5 Å². The van der Waals surface area contributed by atoms with Gasteiger partial charge in [0.2, 0.25) is 0 Å². The van der Waals surface area contributed by atoms with Crippen LogP contribution in [0.2, 0.25) is 0 Å². The molecular formula is C18H28N2O5. The molecule has 2 aliphatic heterocycles. The van der Waals surface area contributed by atoms with Gasteiger partial charge in [-0.3, -0.25) is 9.80 Å². The fourth-order valence-corrected chi connectivity index (χ4v) is 3.17. The minimum Gasteiger partial charge on any atom is -0.486 e. The molecule has 1 fully saturated rings. The first kappa shape index (κ1) is 18.4. The molecule has 2 atom stereocenters. The summed E-state index contributed by atoms with van der Waals surface area (Å²) in [6.45, 7) is 6.37. The molecule has 25 heavy (non-hydrogen) atoms. The second-order valence-corrected chi connectivity index (χ2v) is 6.55. The number of nitrogens with zero attached hydrogens (tertiary/aromatic N) is 2. The van der Waals surface area contributed by atoms with Crippen molar-refractivity contribution in [2.45, 2.75) is 12.2 Å². The normalized spacial score (nSPS) is 22.7. The van der Waals surface area contributed by atoms with Crippen molar-refractivity contribution in [2.24, 2.45) is 0 Å². The molecule has 140 valence electrons. The lowest BCUT2D eigenvalue weighted by molar-refractivity contribution is -0.0322. The number of para-hydroxylation sites is 2. The molecule has 7 heteroatoms. The van der Waals surface area contributed by atoms with E-state index in [-0.39, 0.29) is 12.7 Å². The predicted molar refractivity (Wildman–Crippen MR) is 93.1 cm³/mol. The highest BCUT2D eigenvalue weighted by atomic mass is 16.6. The summed E-state index contributed by atoms with van der Waals surface area (Å²) in [5.74, 6) is 1.50. The molecular weight excluding hydrogens is 324 g/mol. The minimum absolute atomic E-state index is 0.149. The van der Waals surface area contributed by atoms with Crippen molar-refractivity contribution in [1.29, 1.82) is 0 Å². The molecule has 2 heterocycles. The highest BCUT2D eigenvalue weighted by Gasteiger charge is 2.22. The zero-order valence-electron chi connectivity index (χ0n) is 14.5. The van der Waals surface area contributed by atoms with Crippen LogP contribution in [0, 0.1) is 0 Å². The quantitative estimate of drug-likeness (QED) is 0.672. The van der Waals surface area contributed by atoms with Gasteiger partial charge in [0.05, 0.1) is 25.9 Å². The van der Waals surface area contributed by atoms with Crippen LogP contribution < -0.4 is 9.47 Å². The van der Waals surface area contributed by atoms with E-state index in [1.165, 1.54) is 0 Å². The Bertz CT molecular complexity index is 522. The van der Waals surface area contributed by atoms with Crippen molar-refractivity contribution in [1.82, 2.24) is 9.80 Å². The second-order valence-electron chi connectivity index (χ2n) is 6.55. The number of hydrogen-bond donors (Lipinski definition) is 2. The van der Waals surface area contributed by atoms with Gasteiger partial charge in [0, 0.05) is 39.3 Å². The average Bonchev–Trinajstić information content (AvgIpc) is 2.63. The van der Waals surface area contributed by atoms with Gasteiger partial charge in [-0.25, -0.2) is 0 Å². The molecule has 0 amide bonds. The van der Waals surface area contributed by atoms with Gasteiger partial charge in [0.25, 0.3) is 0 Å². The van der Waals surface area contributed by atoms with Gasteiger partial charge >= 0.3 is 0 Å². The first-order chi connectivity index (χ1) is 12.2. The Balaban J connectivity index is 1.30. The summed E-state index contributed by atoms with van der Waals surface area (Å²) < 4.78 is 17.1. The van der Waals surface area contributed by atoms with E-state index in [1.807, 2.05) is 24.3 Å². The molecule has 0 radical (unpaired) electrons. The monoisotopic (exact) mass is 352 g/mol. The van der Waals surface area contributed by atoms with Gasteiger partial charge in [0.15, 0.2) is 17.6 Å². The highest BCUT2D eigenvalue weighted by molar-refractivity contribution is 5.40. The number of benzene rings is 1. The minimum atomic E-state index is -0.513. The van der Waals surface area contributed by atoms with E-state index < -0.39 is 6.10 Å². The molecule has 3 rings (SSSR count). The summed E-state index contributed by atoms with van der Waals surface area (Å²) in [5.41, 5.74) is 0. The van der Waals surface area contributed by atoms with Crippen LogP contribution in [0.4, 0.5) is 0 Å². The summed E-state index contributed by atoms with van der Waals surface area (Å²) in [5, 5.41) is 19.1.